The van der Waals surface area contributed by atoms with Crippen LogP contribution in [0.2, 0.25) is 0 Å². The molecule has 2 aromatic rings. The molecule has 0 fully saturated rings. The number of nitrogens with zero attached hydrogens (tertiary/aromatic N) is 1. The topological polar surface area (TPSA) is 79.2 Å². The predicted octanol–water partition coefficient (Wildman–Crippen LogP) is 3.42. The van der Waals surface area contributed by atoms with E-state index < -0.39 is 16.1 Å². The second-order valence-electron chi connectivity index (χ2n) is 6.30. The van der Waals surface area contributed by atoms with E-state index in [-0.39, 0.29) is 4.90 Å². The molecular formula is C20H24N2O3S. The van der Waals surface area contributed by atoms with Gasteiger partial charge in [0, 0.05) is 0 Å². The van der Waals surface area contributed by atoms with Gasteiger partial charge in [-0.2, -0.15) is 9.98 Å². The number of benzene rings is 2. The van der Waals surface area contributed by atoms with Gasteiger partial charge < -0.3 is 4.74 Å². The first-order valence-corrected chi connectivity index (χ1v) is 9.89. The number of nitrogens with one attached hydrogen (secondary N) is 1. The van der Waals surface area contributed by atoms with E-state index in [1.54, 1.807) is 27.0 Å². The molecule has 0 amide bonds. The number of ether oxygens (including phenoxy) is 1. The molecule has 0 saturated heterocycles. The normalized spacial score (nSPS) is 12.4. The fourth-order valence-corrected chi connectivity index (χ4v) is 4.70. The number of methoxy groups -OCH3 is 1. The summed E-state index contributed by atoms with van der Waals surface area (Å²) in [6.07, 6.45) is 1.04. The maximum absolute atomic E-state index is 12.9. The van der Waals surface area contributed by atoms with Crippen molar-refractivity contribution in [2.45, 2.75) is 44.6 Å². The fourth-order valence-electron chi connectivity index (χ4n) is 3.00. The Kier molecular flexibility index (Phi) is 6.41. The minimum absolute atomic E-state index is 0.218. The number of hydrogen-bond donors (Lipinski definition) is 1. The lowest BCUT2D eigenvalue weighted by atomic mass is 10.1. The second kappa shape index (κ2) is 8.35. The highest BCUT2D eigenvalue weighted by Crippen LogP contribution is 2.30. The Bertz CT molecular complexity index is 916. The van der Waals surface area contributed by atoms with Crippen LogP contribution in [-0.4, -0.2) is 21.6 Å². The molecule has 0 radical (unpaired) electrons. The zero-order chi connectivity index (χ0) is 19.3. The third kappa shape index (κ3) is 4.43. The third-order valence-corrected chi connectivity index (χ3v) is 6.25. The number of hydrogen-bond acceptors (Lipinski definition) is 4. The maximum Gasteiger partial charge on any atom is 0.242 e. The first kappa shape index (κ1) is 20.0. The van der Waals surface area contributed by atoms with Gasteiger partial charge in [0.2, 0.25) is 10.0 Å². The Hall–Kier alpha value is -2.36. The number of sulfonamides is 1. The van der Waals surface area contributed by atoms with Crippen LogP contribution in [0.1, 0.15) is 28.7 Å². The van der Waals surface area contributed by atoms with Gasteiger partial charge in [-0.15, -0.1) is 0 Å². The van der Waals surface area contributed by atoms with Crippen molar-refractivity contribution in [1.82, 2.24) is 4.72 Å². The smallest absolute Gasteiger partial charge is 0.242 e. The number of nitriles is 1. The molecule has 1 N–H and O–H groups in total. The molecule has 2 aromatic carbocycles. The average molecular weight is 372 g/mol. The van der Waals surface area contributed by atoms with E-state index in [9.17, 15) is 13.7 Å². The molecule has 0 unspecified atom stereocenters. The van der Waals surface area contributed by atoms with Gasteiger partial charge in [-0.1, -0.05) is 30.3 Å². The summed E-state index contributed by atoms with van der Waals surface area (Å²) >= 11 is 0. The van der Waals surface area contributed by atoms with E-state index >= 15 is 0 Å². The molecular weight excluding hydrogens is 348 g/mol. The van der Waals surface area contributed by atoms with E-state index in [0.29, 0.717) is 29.7 Å². The summed E-state index contributed by atoms with van der Waals surface area (Å²) in [6, 6.07) is 12.7. The molecule has 0 saturated carbocycles. The average Bonchev–Trinajstić information content (AvgIpc) is 2.62. The van der Waals surface area contributed by atoms with Crippen molar-refractivity contribution in [3.05, 3.63) is 58.7 Å². The Balaban J connectivity index is 2.24. The van der Waals surface area contributed by atoms with Crippen molar-refractivity contribution < 1.29 is 13.2 Å². The molecule has 5 nitrogen and oxygen atoms in total. The molecule has 138 valence electrons. The summed E-state index contributed by atoms with van der Waals surface area (Å²) in [6.45, 7) is 5.31. The third-order valence-electron chi connectivity index (χ3n) is 4.48. The minimum Gasteiger partial charge on any atom is -0.496 e. The van der Waals surface area contributed by atoms with Gasteiger partial charge in [0.25, 0.3) is 0 Å². The highest BCUT2D eigenvalue weighted by atomic mass is 32.2. The molecule has 26 heavy (non-hydrogen) atoms. The van der Waals surface area contributed by atoms with Crippen molar-refractivity contribution in [1.29, 1.82) is 5.26 Å². The Morgan fingerprint density at radius 3 is 2.38 bits per heavy atom. The summed E-state index contributed by atoms with van der Waals surface area (Å²) in [7, 11) is -2.25. The van der Waals surface area contributed by atoms with Crippen molar-refractivity contribution in [2.24, 2.45) is 0 Å². The zero-order valence-corrected chi connectivity index (χ0v) is 16.4. The quantitative estimate of drug-likeness (QED) is 0.808. The highest BCUT2D eigenvalue weighted by Gasteiger charge is 2.25. The largest absolute Gasteiger partial charge is 0.496 e. The second-order valence-corrected chi connectivity index (χ2v) is 7.95. The Morgan fingerprint density at radius 1 is 1.15 bits per heavy atom. The summed E-state index contributed by atoms with van der Waals surface area (Å²) < 4.78 is 33.6. The number of rotatable bonds is 7. The first-order valence-electron chi connectivity index (χ1n) is 8.40. The molecule has 0 spiro atoms. The van der Waals surface area contributed by atoms with E-state index in [1.807, 2.05) is 37.3 Å². The zero-order valence-electron chi connectivity index (χ0n) is 15.5. The molecule has 0 aliphatic heterocycles. The Morgan fingerprint density at radius 2 is 1.81 bits per heavy atom. The summed E-state index contributed by atoms with van der Waals surface area (Å²) in [5.74, 6) is 0.653. The van der Waals surface area contributed by atoms with E-state index in [2.05, 4.69) is 10.8 Å². The SMILES string of the molecule is COc1cc(C)c(S(=O)(=O)N[C@H](C#N)CCc2ccccc2)c(C)c1C. The van der Waals surface area contributed by atoms with Gasteiger partial charge in [0.15, 0.2) is 0 Å². The van der Waals surface area contributed by atoms with Gasteiger partial charge in [0.1, 0.15) is 11.8 Å². The molecule has 1 atom stereocenters. The van der Waals surface area contributed by atoms with E-state index in [4.69, 9.17) is 4.74 Å². The standard InChI is InChI=1S/C20H24N2O3S/c1-14-12-19(25-4)15(2)16(3)20(14)26(23,24)22-18(13-21)11-10-17-8-6-5-7-9-17/h5-9,12,18,22H,10-11H2,1-4H3/t18-/m0/s1. The molecule has 6 heteroatoms. The van der Waals surface area contributed by atoms with E-state index in [0.717, 1.165) is 11.1 Å². The van der Waals surface area contributed by atoms with Gasteiger partial charge in [-0.25, -0.2) is 8.42 Å². The lowest BCUT2D eigenvalue weighted by molar-refractivity contribution is 0.410. The van der Waals surface area contributed by atoms with Crippen LogP contribution in [0.25, 0.3) is 0 Å². The maximum atomic E-state index is 12.9. The molecule has 0 aromatic heterocycles. The van der Waals surface area contributed by atoms with Crippen LogP contribution in [0.4, 0.5) is 0 Å². The van der Waals surface area contributed by atoms with Crippen LogP contribution in [0.5, 0.6) is 5.75 Å². The lowest BCUT2D eigenvalue weighted by Gasteiger charge is -2.18. The summed E-state index contributed by atoms with van der Waals surface area (Å²) in [5.41, 5.74) is 3.07. The molecule has 0 aliphatic rings. The summed E-state index contributed by atoms with van der Waals surface area (Å²) in [5, 5.41) is 9.39. The molecule has 2 rings (SSSR count). The van der Waals surface area contributed by atoms with Crippen LogP contribution in [0.3, 0.4) is 0 Å². The molecule has 0 aliphatic carbocycles. The number of aryl methyl sites for hydroxylation is 2. The van der Waals surface area contributed by atoms with Crippen LogP contribution in [-0.2, 0) is 16.4 Å². The van der Waals surface area contributed by atoms with Gasteiger partial charge >= 0.3 is 0 Å². The Labute approximate surface area is 155 Å². The van der Waals surface area contributed by atoms with Crippen molar-refractivity contribution >= 4 is 10.0 Å². The first-order chi connectivity index (χ1) is 12.3. The lowest BCUT2D eigenvalue weighted by Crippen LogP contribution is -2.35. The minimum atomic E-state index is -3.81. The molecule has 0 bridgehead atoms. The van der Waals surface area contributed by atoms with Crippen molar-refractivity contribution in [3.8, 4) is 11.8 Å². The van der Waals surface area contributed by atoms with E-state index in [1.165, 1.54) is 0 Å². The van der Waals surface area contributed by atoms with Crippen LogP contribution in [0, 0.1) is 32.1 Å². The van der Waals surface area contributed by atoms with Gasteiger partial charge in [-0.05, 0) is 61.9 Å². The van der Waals surface area contributed by atoms with Crippen LogP contribution >= 0.6 is 0 Å². The van der Waals surface area contributed by atoms with Gasteiger partial charge in [-0.3, -0.25) is 0 Å². The molecule has 0 heterocycles. The highest BCUT2D eigenvalue weighted by molar-refractivity contribution is 7.89. The van der Waals surface area contributed by atoms with Crippen LogP contribution in [0.15, 0.2) is 41.3 Å². The van der Waals surface area contributed by atoms with Crippen molar-refractivity contribution in [3.63, 3.8) is 0 Å². The predicted molar refractivity (Wildman–Crippen MR) is 102 cm³/mol. The van der Waals surface area contributed by atoms with Gasteiger partial charge in [0.05, 0.1) is 18.1 Å². The van der Waals surface area contributed by atoms with Crippen molar-refractivity contribution in [2.75, 3.05) is 7.11 Å². The van der Waals surface area contributed by atoms with Crippen LogP contribution < -0.4 is 9.46 Å². The summed E-state index contributed by atoms with van der Waals surface area (Å²) in [4.78, 5) is 0.218. The fraction of sp³-hybridized carbons (Fsp3) is 0.350. The monoisotopic (exact) mass is 372 g/mol.